The van der Waals surface area contributed by atoms with Gasteiger partial charge in [-0.3, -0.25) is 4.79 Å². The maximum atomic E-state index is 13.6. The highest BCUT2D eigenvalue weighted by Gasteiger charge is 2.29. The average molecular weight is 272 g/mol. The van der Waals surface area contributed by atoms with Crippen LogP contribution < -0.4 is 0 Å². The summed E-state index contributed by atoms with van der Waals surface area (Å²) in [4.78, 5) is 10.4. The Morgan fingerprint density at radius 2 is 2.06 bits per heavy atom. The lowest BCUT2D eigenvalue weighted by Gasteiger charge is -2.06. The first-order chi connectivity index (χ1) is 8.38. The summed E-state index contributed by atoms with van der Waals surface area (Å²) in [6.45, 7) is 0. The molecule has 0 unspecified atom stereocenters. The third-order valence-electron chi connectivity index (χ3n) is 2.88. The van der Waals surface area contributed by atoms with E-state index in [2.05, 4.69) is 0 Å². The van der Waals surface area contributed by atoms with Crippen LogP contribution in [0.5, 0.6) is 0 Å². The lowest BCUT2D eigenvalue weighted by atomic mass is 10.1. The molecule has 6 heteroatoms. The number of sulfone groups is 1. The smallest absolute Gasteiger partial charge is 0.307 e. The Morgan fingerprint density at radius 1 is 1.39 bits per heavy atom. The van der Waals surface area contributed by atoms with Crippen molar-refractivity contribution in [3.05, 3.63) is 29.6 Å². The molecule has 1 saturated carbocycles. The van der Waals surface area contributed by atoms with Crippen molar-refractivity contribution in [3.8, 4) is 0 Å². The molecular formula is C12H13FO4S. The molecule has 2 rings (SSSR count). The van der Waals surface area contributed by atoms with Crippen LogP contribution in [0.2, 0.25) is 0 Å². The number of halogens is 1. The van der Waals surface area contributed by atoms with E-state index in [-0.39, 0.29) is 22.1 Å². The Hall–Kier alpha value is -1.43. The molecule has 1 fully saturated rings. The van der Waals surface area contributed by atoms with Crippen LogP contribution in [0, 0.1) is 11.7 Å². The van der Waals surface area contributed by atoms with Gasteiger partial charge in [0.05, 0.1) is 17.1 Å². The fourth-order valence-corrected chi connectivity index (χ4v) is 3.42. The van der Waals surface area contributed by atoms with E-state index >= 15 is 0 Å². The van der Waals surface area contributed by atoms with Gasteiger partial charge in [-0.05, 0) is 36.5 Å². The minimum atomic E-state index is -3.45. The number of hydrogen-bond donors (Lipinski definition) is 1. The predicted octanol–water partition coefficient (Wildman–Crippen LogP) is 1.64. The molecular weight excluding hydrogens is 259 g/mol. The Balaban J connectivity index is 2.24. The number of aliphatic carboxylic acids is 1. The van der Waals surface area contributed by atoms with Crippen molar-refractivity contribution in [1.82, 2.24) is 0 Å². The molecule has 1 aromatic rings. The van der Waals surface area contributed by atoms with Gasteiger partial charge in [-0.2, -0.15) is 0 Å². The van der Waals surface area contributed by atoms with Gasteiger partial charge in [0.1, 0.15) is 5.82 Å². The van der Waals surface area contributed by atoms with Crippen molar-refractivity contribution in [3.63, 3.8) is 0 Å². The predicted molar refractivity (Wildman–Crippen MR) is 62.5 cm³/mol. The molecule has 0 saturated heterocycles. The van der Waals surface area contributed by atoms with E-state index in [1.54, 1.807) is 0 Å². The normalized spacial score (nSPS) is 15.6. The lowest BCUT2D eigenvalue weighted by Crippen LogP contribution is -2.10. The van der Waals surface area contributed by atoms with Gasteiger partial charge in [0.2, 0.25) is 0 Å². The van der Waals surface area contributed by atoms with Crippen molar-refractivity contribution >= 4 is 15.8 Å². The molecule has 0 spiro atoms. The molecule has 1 aliphatic carbocycles. The summed E-state index contributed by atoms with van der Waals surface area (Å²) in [6.07, 6.45) is 1.35. The Kier molecular flexibility index (Phi) is 3.38. The maximum Gasteiger partial charge on any atom is 0.307 e. The van der Waals surface area contributed by atoms with Crippen LogP contribution in [0.15, 0.2) is 23.1 Å². The van der Waals surface area contributed by atoms with Gasteiger partial charge in [0.25, 0.3) is 0 Å². The first-order valence-electron chi connectivity index (χ1n) is 5.61. The van der Waals surface area contributed by atoms with Crippen LogP contribution in [-0.4, -0.2) is 25.2 Å². The van der Waals surface area contributed by atoms with Crippen molar-refractivity contribution in [2.75, 3.05) is 5.75 Å². The van der Waals surface area contributed by atoms with E-state index < -0.39 is 28.0 Å². The molecule has 0 heterocycles. The average Bonchev–Trinajstić information content (AvgIpc) is 3.03. The van der Waals surface area contributed by atoms with Crippen LogP contribution in [-0.2, 0) is 21.1 Å². The molecule has 18 heavy (non-hydrogen) atoms. The van der Waals surface area contributed by atoms with Crippen LogP contribution in [0.25, 0.3) is 0 Å². The van der Waals surface area contributed by atoms with Crippen LogP contribution >= 0.6 is 0 Å². The molecule has 0 atom stereocenters. The zero-order valence-electron chi connectivity index (χ0n) is 9.60. The third kappa shape index (κ3) is 3.07. The van der Waals surface area contributed by atoms with Crippen LogP contribution in [0.4, 0.5) is 4.39 Å². The molecule has 1 aromatic carbocycles. The van der Waals surface area contributed by atoms with Crippen molar-refractivity contribution < 1.29 is 22.7 Å². The monoisotopic (exact) mass is 272 g/mol. The summed E-state index contributed by atoms with van der Waals surface area (Å²) >= 11 is 0. The van der Waals surface area contributed by atoms with E-state index in [1.165, 1.54) is 12.1 Å². The Bertz CT molecular complexity index is 576. The summed E-state index contributed by atoms with van der Waals surface area (Å²) in [6, 6.07) is 3.41. The largest absolute Gasteiger partial charge is 0.481 e. The van der Waals surface area contributed by atoms with Gasteiger partial charge >= 0.3 is 5.97 Å². The van der Waals surface area contributed by atoms with Gasteiger partial charge in [-0.15, -0.1) is 0 Å². The number of rotatable bonds is 5. The van der Waals surface area contributed by atoms with Gasteiger partial charge in [-0.25, -0.2) is 12.8 Å². The lowest BCUT2D eigenvalue weighted by molar-refractivity contribution is -0.136. The Morgan fingerprint density at radius 3 is 2.56 bits per heavy atom. The number of carboxylic acid groups (broad SMARTS) is 1. The van der Waals surface area contributed by atoms with Crippen molar-refractivity contribution in [2.24, 2.45) is 5.92 Å². The molecule has 0 aromatic heterocycles. The number of hydrogen-bond acceptors (Lipinski definition) is 3. The highest BCUT2D eigenvalue weighted by Crippen LogP contribution is 2.32. The van der Waals surface area contributed by atoms with Gasteiger partial charge < -0.3 is 5.11 Å². The summed E-state index contributed by atoms with van der Waals surface area (Å²) in [5.74, 6) is -1.70. The van der Waals surface area contributed by atoms with Crippen LogP contribution in [0.3, 0.4) is 0 Å². The minimum absolute atomic E-state index is 0.00660. The molecule has 98 valence electrons. The number of benzene rings is 1. The summed E-state index contributed by atoms with van der Waals surface area (Å²) in [5.41, 5.74) is -0.00660. The molecule has 1 N–H and O–H groups in total. The standard InChI is InChI=1S/C12H13FO4S/c13-11-6-10(4-3-9(11)5-12(14)15)18(16,17)7-8-1-2-8/h3-4,6,8H,1-2,5,7H2,(H,14,15). The van der Waals surface area contributed by atoms with Crippen molar-refractivity contribution in [2.45, 2.75) is 24.2 Å². The number of carboxylic acids is 1. The molecule has 0 amide bonds. The minimum Gasteiger partial charge on any atom is -0.481 e. The molecule has 0 aliphatic heterocycles. The second-order valence-electron chi connectivity index (χ2n) is 4.55. The highest BCUT2D eigenvalue weighted by molar-refractivity contribution is 7.91. The molecule has 1 aliphatic rings. The highest BCUT2D eigenvalue weighted by atomic mass is 32.2. The molecule has 0 radical (unpaired) electrons. The number of carbonyl (C=O) groups is 1. The van der Waals surface area contributed by atoms with Crippen LogP contribution in [0.1, 0.15) is 18.4 Å². The van der Waals surface area contributed by atoms with E-state index in [9.17, 15) is 17.6 Å². The van der Waals surface area contributed by atoms with E-state index in [4.69, 9.17) is 5.11 Å². The van der Waals surface area contributed by atoms with Gasteiger partial charge in [0, 0.05) is 0 Å². The topological polar surface area (TPSA) is 71.4 Å². The Labute approximate surface area is 104 Å². The first-order valence-corrected chi connectivity index (χ1v) is 7.26. The van der Waals surface area contributed by atoms with Gasteiger partial charge in [-0.1, -0.05) is 6.07 Å². The summed E-state index contributed by atoms with van der Waals surface area (Å²) < 4.78 is 37.3. The second-order valence-corrected chi connectivity index (χ2v) is 6.58. The van der Waals surface area contributed by atoms with E-state index in [0.717, 1.165) is 18.9 Å². The fourth-order valence-electron chi connectivity index (χ4n) is 1.72. The van der Waals surface area contributed by atoms with E-state index in [0.29, 0.717) is 0 Å². The van der Waals surface area contributed by atoms with Crippen molar-refractivity contribution in [1.29, 1.82) is 0 Å². The molecule has 0 bridgehead atoms. The summed E-state index contributed by atoms with van der Waals surface area (Å²) in [5, 5.41) is 8.56. The molecule has 4 nitrogen and oxygen atoms in total. The third-order valence-corrected chi connectivity index (χ3v) is 4.76. The second kappa shape index (κ2) is 4.68. The SMILES string of the molecule is O=C(O)Cc1ccc(S(=O)(=O)CC2CC2)cc1F. The first kappa shape index (κ1) is 13.0. The zero-order valence-corrected chi connectivity index (χ0v) is 10.4. The van der Waals surface area contributed by atoms with Gasteiger partial charge in [0.15, 0.2) is 9.84 Å². The summed E-state index contributed by atoms with van der Waals surface area (Å²) in [7, 11) is -3.45. The van der Waals surface area contributed by atoms with E-state index in [1.807, 2.05) is 0 Å². The maximum absolute atomic E-state index is 13.6. The fraction of sp³-hybridized carbons (Fsp3) is 0.417. The quantitative estimate of drug-likeness (QED) is 0.884. The zero-order chi connectivity index (χ0) is 13.3.